The Morgan fingerprint density at radius 1 is 1.53 bits per heavy atom. The molecular weight excluding hydrogens is 218 g/mol. The van der Waals surface area contributed by atoms with Crippen molar-refractivity contribution < 1.29 is 9.53 Å². The highest BCUT2D eigenvalue weighted by Crippen LogP contribution is 2.20. The van der Waals surface area contributed by atoms with Crippen LogP contribution in [0.1, 0.15) is 37.8 Å². The van der Waals surface area contributed by atoms with Crippen LogP contribution in [-0.4, -0.2) is 28.1 Å². The van der Waals surface area contributed by atoms with E-state index < -0.39 is 6.04 Å². The zero-order valence-corrected chi connectivity index (χ0v) is 9.89. The summed E-state index contributed by atoms with van der Waals surface area (Å²) < 4.78 is 5.40. The third-order valence-electron chi connectivity index (χ3n) is 3.13. The van der Waals surface area contributed by atoms with Gasteiger partial charge in [-0.25, -0.2) is 4.98 Å². The van der Waals surface area contributed by atoms with E-state index in [2.05, 4.69) is 9.97 Å². The molecule has 0 amide bonds. The summed E-state index contributed by atoms with van der Waals surface area (Å²) in [7, 11) is 0. The standard InChI is InChI=1S/C12H19N3O2/c13-11(6-9-7-14-8-15-9)12(16)17-10-4-2-1-3-5-10/h7-8,10-11H,1-6,13H2,(H,14,15)/t11-/m1/s1. The normalized spacial score (nSPS) is 18.9. The SMILES string of the molecule is N[C@H](Cc1cnc[nH]1)C(=O)OC1CCCCC1. The number of hydrogen-bond acceptors (Lipinski definition) is 4. The van der Waals surface area contributed by atoms with Gasteiger partial charge in [-0.3, -0.25) is 4.79 Å². The average Bonchev–Trinajstić information content (AvgIpc) is 2.83. The first kappa shape index (κ1) is 12.1. The molecule has 0 spiro atoms. The maximum absolute atomic E-state index is 11.8. The number of esters is 1. The van der Waals surface area contributed by atoms with Crippen molar-refractivity contribution in [2.24, 2.45) is 5.73 Å². The number of ether oxygens (including phenoxy) is 1. The molecule has 0 radical (unpaired) electrons. The molecule has 0 aromatic carbocycles. The van der Waals surface area contributed by atoms with Crippen molar-refractivity contribution in [3.05, 3.63) is 18.2 Å². The fraction of sp³-hybridized carbons (Fsp3) is 0.667. The van der Waals surface area contributed by atoms with Gasteiger partial charge in [-0.2, -0.15) is 0 Å². The summed E-state index contributed by atoms with van der Waals surface area (Å²) in [5.74, 6) is -0.300. The van der Waals surface area contributed by atoms with Gasteiger partial charge in [0.2, 0.25) is 0 Å². The number of carbonyl (C=O) groups is 1. The number of nitrogens with zero attached hydrogens (tertiary/aromatic N) is 1. The van der Waals surface area contributed by atoms with Crippen LogP contribution in [0, 0.1) is 0 Å². The largest absolute Gasteiger partial charge is 0.461 e. The molecule has 17 heavy (non-hydrogen) atoms. The van der Waals surface area contributed by atoms with Crippen molar-refractivity contribution in [1.29, 1.82) is 0 Å². The molecule has 94 valence electrons. The third kappa shape index (κ3) is 3.56. The number of aromatic amines is 1. The van der Waals surface area contributed by atoms with Gasteiger partial charge in [0.25, 0.3) is 0 Å². The molecule has 1 aliphatic carbocycles. The smallest absolute Gasteiger partial charge is 0.323 e. The van der Waals surface area contributed by atoms with Gasteiger partial charge in [-0.05, 0) is 25.7 Å². The molecule has 1 aromatic heterocycles. The highest BCUT2D eigenvalue weighted by atomic mass is 16.5. The zero-order chi connectivity index (χ0) is 12.1. The molecule has 0 unspecified atom stereocenters. The van der Waals surface area contributed by atoms with Crippen LogP contribution in [0.3, 0.4) is 0 Å². The van der Waals surface area contributed by atoms with Gasteiger partial charge in [0.05, 0.1) is 6.33 Å². The maximum atomic E-state index is 11.8. The molecular formula is C12H19N3O2. The molecule has 3 N–H and O–H groups in total. The van der Waals surface area contributed by atoms with E-state index in [1.165, 1.54) is 6.42 Å². The highest BCUT2D eigenvalue weighted by Gasteiger charge is 2.22. The van der Waals surface area contributed by atoms with Crippen LogP contribution in [0.25, 0.3) is 0 Å². The fourth-order valence-electron chi connectivity index (χ4n) is 2.15. The van der Waals surface area contributed by atoms with Crippen molar-refractivity contribution in [1.82, 2.24) is 9.97 Å². The molecule has 1 aliphatic rings. The predicted molar refractivity (Wildman–Crippen MR) is 63.2 cm³/mol. The first-order chi connectivity index (χ1) is 8.25. The molecule has 0 saturated heterocycles. The van der Waals surface area contributed by atoms with E-state index in [1.807, 2.05) is 0 Å². The minimum atomic E-state index is -0.600. The monoisotopic (exact) mass is 237 g/mol. The molecule has 1 heterocycles. The van der Waals surface area contributed by atoms with Crippen LogP contribution in [0.5, 0.6) is 0 Å². The lowest BCUT2D eigenvalue weighted by Crippen LogP contribution is -2.37. The number of nitrogens with two attached hydrogens (primary N) is 1. The number of aromatic nitrogens is 2. The summed E-state index contributed by atoms with van der Waals surface area (Å²) in [6.45, 7) is 0. The number of imidazole rings is 1. The third-order valence-corrected chi connectivity index (χ3v) is 3.13. The van der Waals surface area contributed by atoms with Gasteiger partial charge in [0.15, 0.2) is 0 Å². The van der Waals surface area contributed by atoms with E-state index >= 15 is 0 Å². The van der Waals surface area contributed by atoms with E-state index in [0.29, 0.717) is 6.42 Å². The number of hydrogen-bond donors (Lipinski definition) is 2. The Morgan fingerprint density at radius 2 is 2.29 bits per heavy atom. The van der Waals surface area contributed by atoms with E-state index in [4.69, 9.17) is 10.5 Å². The van der Waals surface area contributed by atoms with Crippen molar-refractivity contribution in [2.75, 3.05) is 0 Å². The van der Waals surface area contributed by atoms with E-state index in [0.717, 1.165) is 31.4 Å². The maximum Gasteiger partial charge on any atom is 0.323 e. The Kier molecular flexibility index (Phi) is 4.14. The molecule has 5 heteroatoms. The molecule has 1 aromatic rings. The van der Waals surface area contributed by atoms with Gasteiger partial charge >= 0.3 is 5.97 Å². The Bertz CT molecular complexity index is 345. The van der Waals surface area contributed by atoms with Crippen molar-refractivity contribution in [2.45, 2.75) is 50.7 Å². The summed E-state index contributed by atoms with van der Waals surface area (Å²) >= 11 is 0. The van der Waals surface area contributed by atoms with Gasteiger partial charge < -0.3 is 15.5 Å². The molecule has 1 saturated carbocycles. The second-order valence-corrected chi connectivity index (χ2v) is 4.58. The minimum Gasteiger partial charge on any atom is -0.461 e. The van der Waals surface area contributed by atoms with Crippen LogP contribution in [0.15, 0.2) is 12.5 Å². The summed E-state index contributed by atoms with van der Waals surface area (Å²) in [6, 6.07) is -0.600. The Morgan fingerprint density at radius 3 is 2.94 bits per heavy atom. The lowest BCUT2D eigenvalue weighted by Gasteiger charge is -2.23. The van der Waals surface area contributed by atoms with E-state index in [-0.39, 0.29) is 12.1 Å². The van der Waals surface area contributed by atoms with E-state index in [1.54, 1.807) is 12.5 Å². The van der Waals surface area contributed by atoms with Gasteiger partial charge in [0, 0.05) is 18.3 Å². The van der Waals surface area contributed by atoms with Crippen LogP contribution in [0.2, 0.25) is 0 Å². The first-order valence-electron chi connectivity index (χ1n) is 6.19. The lowest BCUT2D eigenvalue weighted by atomic mass is 9.98. The van der Waals surface area contributed by atoms with Crippen molar-refractivity contribution >= 4 is 5.97 Å². The Balaban J connectivity index is 1.78. The molecule has 0 aliphatic heterocycles. The van der Waals surface area contributed by atoms with Crippen LogP contribution < -0.4 is 5.73 Å². The Hall–Kier alpha value is -1.36. The number of carbonyl (C=O) groups excluding carboxylic acids is 1. The van der Waals surface area contributed by atoms with Gasteiger partial charge in [-0.15, -0.1) is 0 Å². The highest BCUT2D eigenvalue weighted by molar-refractivity contribution is 5.76. The molecule has 2 rings (SSSR count). The second kappa shape index (κ2) is 5.82. The number of nitrogens with one attached hydrogen (secondary N) is 1. The van der Waals surface area contributed by atoms with E-state index in [9.17, 15) is 4.79 Å². The van der Waals surface area contributed by atoms with Gasteiger partial charge in [0.1, 0.15) is 12.1 Å². The summed E-state index contributed by atoms with van der Waals surface area (Å²) in [4.78, 5) is 18.6. The predicted octanol–water partition coefficient (Wildman–Crippen LogP) is 1.16. The summed E-state index contributed by atoms with van der Waals surface area (Å²) in [5.41, 5.74) is 6.66. The molecule has 1 fully saturated rings. The number of rotatable bonds is 4. The molecule has 0 bridgehead atoms. The van der Waals surface area contributed by atoms with Crippen LogP contribution in [0.4, 0.5) is 0 Å². The Labute approximate surface area is 101 Å². The summed E-state index contributed by atoms with van der Waals surface area (Å²) in [5, 5.41) is 0. The first-order valence-corrected chi connectivity index (χ1v) is 6.19. The molecule has 5 nitrogen and oxygen atoms in total. The van der Waals surface area contributed by atoms with Crippen LogP contribution in [-0.2, 0) is 16.0 Å². The average molecular weight is 237 g/mol. The zero-order valence-electron chi connectivity index (χ0n) is 9.89. The van der Waals surface area contributed by atoms with Gasteiger partial charge in [-0.1, -0.05) is 6.42 Å². The van der Waals surface area contributed by atoms with Crippen LogP contribution >= 0.6 is 0 Å². The summed E-state index contributed by atoms with van der Waals surface area (Å²) in [6.07, 6.45) is 9.26. The second-order valence-electron chi connectivity index (χ2n) is 4.58. The number of H-pyrrole nitrogens is 1. The quantitative estimate of drug-likeness (QED) is 0.770. The molecule has 1 atom stereocenters. The fourth-order valence-corrected chi connectivity index (χ4v) is 2.15. The topological polar surface area (TPSA) is 81.0 Å². The van der Waals surface area contributed by atoms with Crippen molar-refractivity contribution in [3.8, 4) is 0 Å². The lowest BCUT2D eigenvalue weighted by molar-refractivity contribution is -0.152. The van der Waals surface area contributed by atoms with Crippen molar-refractivity contribution in [3.63, 3.8) is 0 Å². The minimum absolute atomic E-state index is 0.0732.